The molecule has 6 nitrogen and oxygen atoms in total. The number of rotatable bonds is 4. The highest BCUT2D eigenvalue weighted by molar-refractivity contribution is 7.92. The molecule has 0 aliphatic rings. The fourth-order valence-electron chi connectivity index (χ4n) is 1.89. The quantitative estimate of drug-likeness (QED) is 0.681. The Morgan fingerprint density at radius 1 is 1.31 bits per heavy atom. The number of benzene rings is 1. The van der Waals surface area contributed by atoms with E-state index in [4.69, 9.17) is 28.5 Å². The summed E-state index contributed by atoms with van der Waals surface area (Å²) in [6, 6.07) is 3.04. The minimum atomic E-state index is -4.98. The van der Waals surface area contributed by atoms with Crippen LogP contribution in [-0.2, 0) is 9.84 Å². The summed E-state index contributed by atoms with van der Waals surface area (Å²) in [5.41, 5.74) is -3.16. The summed E-state index contributed by atoms with van der Waals surface area (Å²) < 4.78 is 78.5. The number of hydrogen-bond acceptors (Lipinski definition) is 5. The molecule has 0 amide bonds. The summed E-state index contributed by atoms with van der Waals surface area (Å²) >= 11 is 11.8. The van der Waals surface area contributed by atoms with Crippen molar-refractivity contribution in [2.24, 2.45) is 0 Å². The highest BCUT2D eigenvalue weighted by Crippen LogP contribution is 2.36. The van der Waals surface area contributed by atoms with Gasteiger partial charge in [-0.25, -0.2) is 17.5 Å². The van der Waals surface area contributed by atoms with E-state index in [1.807, 2.05) is 0 Å². The summed E-state index contributed by atoms with van der Waals surface area (Å²) in [4.78, 5) is -0.710. The van der Waals surface area contributed by atoms with E-state index in [1.165, 1.54) is 6.07 Å². The second-order valence-electron chi connectivity index (χ2n) is 4.77. The molecule has 2 aromatic rings. The van der Waals surface area contributed by atoms with Gasteiger partial charge in [0.2, 0.25) is 15.3 Å². The lowest BCUT2D eigenvalue weighted by molar-refractivity contribution is -0.274. The van der Waals surface area contributed by atoms with Crippen LogP contribution in [0.25, 0.3) is 5.69 Å². The highest BCUT2D eigenvalue weighted by atomic mass is 35.5. The van der Waals surface area contributed by atoms with Crippen LogP contribution in [-0.4, -0.2) is 30.1 Å². The van der Waals surface area contributed by atoms with Crippen LogP contribution in [0.4, 0.5) is 17.6 Å². The number of hydrogen-bond donors (Lipinski definition) is 0. The topological polar surface area (TPSA) is 85.0 Å². The Morgan fingerprint density at radius 2 is 1.85 bits per heavy atom. The summed E-state index contributed by atoms with van der Waals surface area (Å²) in [5, 5.41) is 11.9. The van der Waals surface area contributed by atoms with Crippen LogP contribution < -0.4 is 4.74 Å². The number of sulfone groups is 1. The average Bonchev–Trinajstić information content (AvgIpc) is 2.89. The van der Waals surface area contributed by atoms with E-state index in [2.05, 4.69) is 9.84 Å². The predicted molar refractivity (Wildman–Crippen MR) is 82.7 cm³/mol. The van der Waals surface area contributed by atoms with Gasteiger partial charge in [0.15, 0.2) is 5.69 Å². The van der Waals surface area contributed by atoms with E-state index in [0.29, 0.717) is 0 Å². The maximum atomic E-state index is 13.4. The van der Waals surface area contributed by atoms with Crippen LogP contribution in [0.15, 0.2) is 23.2 Å². The first-order valence-electron chi connectivity index (χ1n) is 6.49. The lowest BCUT2D eigenvalue weighted by Crippen LogP contribution is -2.17. The van der Waals surface area contributed by atoms with E-state index < -0.39 is 38.0 Å². The third-order valence-electron chi connectivity index (χ3n) is 2.97. The van der Waals surface area contributed by atoms with E-state index in [1.54, 1.807) is 0 Å². The van der Waals surface area contributed by atoms with Crippen LogP contribution in [0.2, 0.25) is 10.0 Å². The molecule has 2 rings (SSSR count). The van der Waals surface area contributed by atoms with Crippen molar-refractivity contribution < 1.29 is 30.7 Å². The molecule has 0 bridgehead atoms. The molecule has 0 fully saturated rings. The van der Waals surface area contributed by atoms with Gasteiger partial charge >= 0.3 is 6.36 Å². The largest absolute Gasteiger partial charge is 0.573 e. The Morgan fingerprint density at radius 3 is 2.27 bits per heavy atom. The van der Waals surface area contributed by atoms with Gasteiger partial charge in [-0.1, -0.05) is 23.2 Å². The number of alkyl halides is 4. The van der Waals surface area contributed by atoms with Gasteiger partial charge in [-0.05, 0) is 6.92 Å². The van der Waals surface area contributed by atoms with Crippen LogP contribution >= 0.6 is 23.2 Å². The molecule has 1 aromatic heterocycles. The minimum Gasteiger partial charge on any atom is -0.406 e. The van der Waals surface area contributed by atoms with Gasteiger partial charge in [-0.2, -0.15) is 10.4 Å². The SMILES string of the molecule is CC(F)S(=O)(=O)c1cn(-c2c(Cl)cc(OC(F)(F)F)cc2Cl)nc1C#N. The fraction of sp³-hybridized carbons (Fsp3) is 0.231. The van der Waals surface area contributed by atoms with E-state index >= 15 is 0 Å². The molecule has 140 valence electrons. The molecule has 26 heavy (non-hydrogen) atoms. The summed E-state index contributed by atoms with van der Waals surface area (Å²) in [5.74, 6) is -0.714. The molecule has 0 radical (unpaired) electrons. The van der Waals surface area contributed by atoms with Gasteiger partial charge in [0.25, 0.3) is 0 Å². The van der Waals surface area contributed by atoms with E-state index in [0.717, 1.165) is 29.9 Å². The summed E-state index contributed by atoms with van der Waals surface area (Å²) in [7, 11) is -4.50. The number of aromatic nitrogens is 2. The number of halogens is 6. The first kappa shape index (κ1) is 20.3. The molecule has 1 unspecified atom stereocenters. The van der Waals surface area contributed by atoms with Crippen LogP contribution in [0.5, 0.6) is 5.75 Å². The molecule has 0 saturated carbocycles. The molecule has 0 saturated heterocycles. The van der Waals surface area contributed by atoms with Crippen molar-refractivity contribution in [3.05, 3.63) is 34.1 Å². The predicted octanol–water partition coefficient (Wildman–Crippen LogP) is 4.04. The van der Waals surface area contributed by atoms with Crippen LogP contribution in [0.3, 0.4) is 0 Å². The first-order chi connectivity index (χ1) is 11.9. The Labute approximate surface area is 154 Å². The minimum absolute atomic E-state index is 0.215. The van der Waals surface area contributed by atoms with Gasteiger partial charge in [0, 0.05) is 12.1 Å². The van der Waals surface area contributed by atoms with Crippen molar-refractivity contribution in [1.29, 1.82) is 5.26 Å². The Hall–Kier alpha value is -2.03. The highest BCUT2D eigenvalue weighted by Gasteiger charge is 2.32. The first-order valence-corrected chi connectivity index (χ1v) is 8.80. The van der Waals surface area contributed by atoms with Crippen LogP contribution in [0.1, 0.15) is 12.6 Å². The van der Waals surface area contributed by atoms with E-state index in [-0.39, 0.29) is 15.7 Å². The molecule has 1 atom stereocenters. The number of nitrogens with zero attached hydrogens (tertiary/aromatic N) is 3. The van der Waals surface area contributed by atoms with Crippen LogP contribution in [0, 0.1) is 11.3 Å². The molecule has 0 aliphatic carbocycles. The Balaban J connectivity index is 2.60. The van der Waals surface area contributed by atoms with Gasteiger partial charge in [-0.3, -0.25) is 0 Å². The molecule has 13 heteroatoms. The average molecular weight is 432 g/mol. The smallest absolute Gasteiger partial charge is 0.406 e. The monoisotopic (exact) mass is 431 g/mol. The molecular weight excluding hydrogens is 425 g/mol. The Bertz CT molecular complexity index is 974. The molecule has 1 aromatic carbocycles. The molecule has 0 aliphatic heterocycles. The van der Waals surface area contributed by atoms with Gasteiger partial charge in [0.1, 0.15) is 22.4 Å². The van der Waals surface area contributed by atoms with Crippen molar-refractivity contribution in [2.75, 3.05) is 0 Å². The second kappa shape index (κ2) is 6.94. The lowest BCUT2D eigenvalue weighted by atomic mass is 10.3. The number of ether oxygens (including phenoxy) is 1. The standard InChI is InChI=1S/C13H7Cl2F4N3O3S/c1-6(16)26(23,24)11-5-22(21-10(11)4-20)12-8(14)2-7(3-9(12)15)25-13(17,18)19/h2-3,5-6H,1H3. The van der Waals surface area contributed by atoms with Crippen molar-refractivity contribution in [3.63, 3.8) is 0 Å². The van der Waals surface area contributed by atoms with Crippen molar-refractivity contribution >= 4 is 33.0 Å². The van der Waals surface area contributed by atoms with Crippen molar-refractivity contribution in [3.8, 4) is 17.5 Å². The van der Waals surface area contributed by atoms with E-state index in [9.17, 15) is 26.0 Å². The van der Waals surface area contributed by atoms with Gasteiger partial charge in [-0.15, -0.1) is 13.2 Å². The molecule has 0 spiro atoms. The fourth-order valence-corrected chi connectivity index (χ4v) is 3.48. The third-order valence-corrected chi connectivity index (χ3v) is 5.32. The zero-order valence-electron chi connectivity index (χ0n) is 12.6. The zero-order valence-corrected chi connectivity index (χ0v) is 14.9. The normalized spacial score (nSPS) is 13.3. The summed E-state index contributed by atoms with van der Waals surface area (Å²) in [6.45, 7) is 0.761. The van der Waals surface area contributed by atoms with Gasteiger partial charge in [0.05, 0.1) is 16.2 Å². The maximum absolute atomic E-state index is 13.4. The van der Waals surface area contributed by atoms with Gasteiger partial charge < -0.3 is 4.74 Å². The zero-order chi connectivity index (χ0) is 19.9. The molecule has 1 heterocycles. The number of nitriles is 1. The van der Waals surface area contributed by atoms with Crippen molar-refractivity contribution in [1.82, 2.24) is 9.78 Å². The maximum Gasteiger partial charge on any atom is 0.573 e. The lowest BCUT2D eigenvalue weighted by Gasteiger charge is -2.12. The molecule has 0 N–H and O–H groups in total. The second-order valence-corrected chi connectivity index (χ2v) is 7.76. The molecular formula is C13H7Cl2F4N3O3S. The van der Waals surface area contributed by atoms with Crippen molar-refractivity contribution in [2.45, 2.75) is 23.7 Å². The third kappa shape index (κ3) is 4.03. The summed E-state index contributed by atoms with van der Waals surface area (Å²) in [6.07, 6.45) is -4.19. The Kier molecular flexibility index (Phi) is 5.41.